The summed E-state index contributed by atoms with van der Waals surface area (Å²) < 4.78 is 37.7. The molecule has 1 atom stereocenters. The summed E-state index contributed by atoms with van der Waals surface area (Å²) in [5.74, 6) is -1.08. The lowest BCUT2D eigenvalue weighted by Gasteiger charge is -2.28. The third kappa shape index (κ3) is 5.15. The molecule has 0 aromatic heterocycles. The second-order valence-electron chi connectivity index (χ2n) is 5.85. The molecule has 0 saturated carbocycles. The fraction of sp³-hybridized carbons (Fsp3) is 0.368. The number of hydrogen-bond acceptors (Lipinski definition) is 4. The molecule has 0 amide bonds. The van der Waals surface area contributed by atoms with E-state index in [9.17, 15) is 8.96 Å². The van der Waals surface area contributed by atoms with E-state index in [2.05, 4.69) is 11.4 Å². The molecule has 2 rings (SSSR count). The number of halogens is 1. The number of hydrogen-bond donors (Lipinski definition) is 1. The third-order valence-corrected chi connectivity index (χ3v) is 5.94. The Morgan fingerprint density at radius 3 is 2.00 bits per heavy atom. The van der Waals surface area contributed by atoms with Crippen LogP contribution in [0.25, 0.3) is 0 Å². The van der Waals surface area contributed by atoms with Crippen LogP contribution in [-0.4, -0.2) is 13.2 Å². The summed E-state index contributed by atoms with van der Waals surface area (Å²) in [6.07, 6.45) is 0. The molecule has 0 saturated heterocycles. The maximum atomic E-state index is 13.4. The Balaban J connectivity index is 2.47. The van der Waals surface area contributed by atoms with Gasteiger partial charge in [0.2, 0.25) is 0 Å². The SMILES string of the molecule is CCOP(=O)(OCC)C(Nc1cc(C)cc(C)c1)c1ccc(F)cc1. The lowest BCUT2D eigenvalue weighted by atomic mass is 10.1. The number of rotatable bonds is 8. The van der Waals surface area contributed by atoms with Gasteiger partial charge in [-0.25, -0.2) is 4.39 Å². The Kier molecular flexibility index (Phi) is 6.77. The van der Waals surface area contributed by atoms with E-state index in [0.717, 1.165) is 16.8 Å². The van der Waals surface area contributed by atoms with Gasteiger partial charge >= 0.3 is 7.60 Å². The zero-order valence-corrected chi connectivity index (χ0v) is 16.0. The predicted molar refractivity (Wildman–Crippen MR) is 99.5 cm³/mol. The minimum absolute atomic E-state index is 0.253. The van der Waals surface area contributed by atoms with E-state index in [-0.39, 0.29) is 19.0 Å². The summed E-state index contributed by atoms with van der Waals surface area (Å²) in [5.41, 5.74) is 3.63. The van der Waals surface area contributed by atoms with E-state index >= 15 is 0 Å². The van der Waals surface area contributed by atoms with Crippen LogP contribution < -0.4 is 5.32 Å². The average molecular weight is 365 g/mol. The number of aryl methyl sites for hydroxylation is 2. The molecule has 0 aliphatic carbocycles. The monoisotopic (exact) mass is 365 g/mol. The zero-order valence-electron chi connectivity index (χ0n) is 15.1. The van der Waals surface area contributed by atoms with Crippen molar-refractivity contribution in [3.63, 3.8) is 0 Å². The molecule has 0 radical (unpaired) electrons. The molecule has 0 spiro atoms. The van der Waals surface area contributed by atoms with Crippen molar-refractivity contribution in [2.75, 3.05) is 18.5 Å². The Morgan fingerprint density at radius 2 is 1.52 bits per heavy atom. The van der Waals surface area contributed by atoms with Crippen LogP contribution in [-0.2, 0) is 13.6 Å². The van der Waals surface area contributed by atoms with Crippen LogP contribution in [0.5, 0.6) is 0 Å². The van der Waals surface area contributed by atoms with Gasteiger partial charge in [-0.3, -0.25) is 4.57 Å². The Bertz CT molecular complexity index is 719. The largest absolute Gasteiger partial charge is 0.368 e. The Morgan fingerprint density at radius 1 is 1.00 bits per heavy atom. The topological polar surface area (TPSA) is 47.6 Å². The minimum Gasteiger partial charge on any atom is -0.368 e. The minimum atomic E-state index is -3.50. The first-order valence-electron chi connectivity index (χ1n) is 8.37. The van der Waals surface area contributed by atoms with Gasteiger partial charge in [-0.1, -0.05) is 18.2 Å². The summed E-state index contributed by atoms with van der Waals surface area (Å²) in [5, 5.41) is 3.27. The molecule has 2 aromatic carbocycles. The van der Waals surface area contributed by atoms with Crippen molar-refractivity contribution in [1.29, 1.82) is 0 Å². The van der Waals surface area contributed by atoms with E-state index in [1.165, 1.54) is 12.1 Å². The van der Waals surface area contributed by atoms with Crippen LogP contribution in [0.4, 0.5) is 10.1 Å². The zero-order chi connectivity index (χ0) is 18.4. The van der Waals surface area contributed by atoms with Crippen LogP contribution in [0.15, 0.2) is 42.5 Å². The van der Waals surface area contributed by atoms with Crippen molar-refractivity contribution in [1.82, 2.24) is 0 Å². The number of benzene rings is 2. The van der Waals surface area contributed by atoms with Crippen molar-refractivity contribution in [2.45, 2.75) is 33.5 Å². The smallest absolute Gasteiger partial charge is 0.357 e. The van der Waals surface area contributed by atoms with Crippen molar-refractivity contribution < 1.29 is 18.0 Å². The first-order chi connectivity index (χ1) is 11.9. The van der Waals surface area contributed by atoms with E-state index in [4.69, 9.17) is 9.05 Å². The molecule has 4 nitrogen and oxygen atoms in total. The van der Waals surface area contributed by atoms with Crippen molar-refractivity contribution in [3.05, 3.63) is 65.0 Å². The molecular formula is C19H25FNO3P. The van der Waals surface area contributed by atoms with Crippen LogP contribution in [0.3, 0.4) is 0 Å². The first kappa shape index (κ1) is 19.6. The highest BCUT2D eigenvalue weighted by Gasteiger charge is 2.37. The van der Waals surface area contributed by atoms with Gasteiger partial charge in [0.1, 0.15) is 5.82 Å². The molecule has 0 aliphatic rings. The molecule has 6 heteroatoms. The Hall–Kier alpha value is -1.68. The van der Waals surface area contributed by atoms with Gasteiger partial charge in [-0.2, -0.15) is 0 Å². The van der Waals surface area contributed by atoms with Gasteiger partial charge in [0.05, 0.1) is 13.2 Å². The lowest BCUT2D eigenvalue weighted by Crippen LogP contribution is -2.15. The van der Waals surface area contributed by atoms with Gasteiger partial charge in [0.25, 0.3) is 0 Å². The maximum absolute atomic E-state index is 13.4. The third-order valence-electron chi connectivity index (χ3n) is 3.65. The van der Waals surface area contributed by atoms with Crippen molar-refractivity contribution in [2.24, 2.45) is 0 Å². The summed E-state index contributed by atoms with van der Waals surface area (Å²) in [6.45, 7) is 8.03. The van der Waals surface area contributed by atoms with E-state index in [1.807, 2.05) is 26.0 Å². The Labute approximate surface area is 148 Å². The summed E-state index contributed by atoms with van der Waals surface area (Å²) in [4.78, 5) is 0. The molecule has 0 fully saturated rings. The van der Waals surface area contributed by atoms with Gasteiger partial charge < -0.3 is 14.4 Å². The number of nitrogens with one attached hydrogen (secondary N) is 1. The molecule has 0 heterocycles. The maximum Gasteiger partial charge on any atom is 0.357 e. The fourth-order valence-electron chi connectivity index (χ4n) is 2.75. The summed E-state index contributed by atoms with van der Waals surface area (Å²) in [6, 6.07) is 11.9. The van der Waals surface area contributed by atoms with Crippen LogP contribution >= 0.6 is 7.60 Å². The molecule has 2 aromatic rings. The van der Waals surface area contributed by atoms with Gasteiger partial charge in [0.15, 0.2) is 5.78 Å². The standard InChI is InChI=1S/C19H25FNO3P/c1-5-23-25(22,24-6-2)19(16-7-9-17(20)10-8-16)21-18-12-14(3)11-15(4)13-18/h7-13,19,21H,5-6H2,1-4H3. The fourth-order valence-corrected chi connectivity index (χ4v) is 4.69. The van der Waals surface area contributed by atoms with E-state index < -0.39 is 13.4 Å². The highest BCUT2D eigenvalue weighted by molar-refractivity contribution is 7.54. The molecule has 0 aliphatic heterocycles. The summed E-state index contributed by atoms with van der Waals surface area (Å²) in [7, 11) is -3.50. The molecule has 0 bridgehead atoms. The van der Waals surface area contributed by atoms with Crippen LogP contribution in [0, 0.1) is 19.7 Å². The molecule has 1 unspecified atom stereocenters. The second-order valence-corrected chi connectivity index (χ2v) is 7.96. The highest BCUT2D eigenvalue weighted by atomic mass is 31.2. The van der Waals surface area contributed by atoms with Crippen molar-refractivity contribution >= 4 is 13.3 Å². The van der Waals surface area contributed by atoms with Crippen molar-refractivity contribution in [3.8, 4) is 0 Å². The molecule has 25 heavy (non-hydrogen) atoms. The molecular weight excluding hydrogens is 340 g/mol. The highest BCUT2D eigenvalue weighted by Crippen LogP contribution is 2.60. The van der Waals surface area contributed by atoms with Gasteiger partial charge in [0, 0.05) is 5.69 Å². The van der Waals surface area contributed by atoms with Gasteiger partial charge in [-0.05, 0) is 68.7 Å². The van der Waals surface area contributed by atoms with Crippen LogP contribution in [0.2, 0.25) is 0 Å². The second kappa shape index (κ2) is 8.61. The average Bonchev–Trinajstić information content (AvgIpc) is 2.53. The number of anilines is 1. The molecule has 1 N–H and O–H groups in total. The summed E-state index contributed by atoms with van der Waals surface area (Å²) >= 11 is 0. The normalized spacial score (nSPS) is 12.8. The molecule has 136 valence electrons. The quantitative estimate of drug-likeness (QED) is 0.599. The van der Waals surface area contributed by atoms with Gasteiger partial charge in [-0.15, -0.1) is 0 Å². The first-order valence-corrected chi connectivity index (χ1v) is 9.98. The predicted octanol–water partition coefficient (Wildman–Crippen LogP) is 5.82. The lowest BCUT2D eigenvalue weighted by molar-refractivity contribution is 0.214. The van der Waals surface area contributed by atoms with E-state index in [0.29, 0.717) is 5.56 Å². The van der Waals surface area contributed by atoms with Crippen LogP contribution in [0.1, 0.15) is 36.3 Å². The van der Waals surface area contributed by atoms with E-state index in [1.54, 1.807) is 26.0 Å².